The number of urea groups is 1. The van der Waals surface area contributed by atoms with Gasteiger partial charge in [0.2, 0.25) is 0 Å². The van der Waals surface area contributed by atoms with E-state index < -0.39 is 0 Å². The van der Waals surface area contributed by atoms with Crippen molar-refractivity contribution in [2.45, 2.75) is 51.7 Å². The number of halogens is 2. The van der Waals surface area contributed by atoms with Crippen molar-refractivity contribution in [3.05, 3.63) is 64.1 Å². The third-order valence-electron chi connectivity index (χ3n) is 5.76. The Labute approximate surface area is 197 Å². The Kier molecular flexibility index (Phi) is 7.18. The molecule has 0 radical (unpaired) electrons. The molecule has 1 aliphatic heterocycles. The first-order chi connectivity index (χ1) is 16.0. The molecule has 0 atom stereocenters. The Morgan fingerprint density at radius 2 is 1.94 bits per heavy atom. The summed E-state index contributed by atoms with van der Waals surface area (Å²) in [4.78, 5) is 26.7. The molecule has 1 saturated heterocycles. The predicted octanol–water partition coefficient (Wildman–Crippen LogP) is 5.68. The summed E-state index contributed by atoms with van der Waals surface area (Å²) in [5, 5.41) is 2.97. The Morgan fingerprint density at radius 3 is 2.67 bits per heavy atom. The summed E-state index contributed by atoms with van der Waals surface area (Å²) in [7, 11) is 0. The van der Waals surface area contributed by atoms with Gasteiger partial charge in [-0.1, -0.05) is 43.0 Å². The number of nitrogens with one attached hydrogen (secondary N) is 1. The third kappa shape index (κ3) is 5.30. The van der Waals surface area contributed by atoms with Crippen LogP contribution in [-0.4, -0.2) is 29.5 Å². The fourth-order valence-corrected chi connectivity index (χ4v) is 4.52. The van der Waals surface area contributed by atoms with Gasteiger partial charge in [0.15, 0.2) is 11.5 Å². The third-order valence-corrected chi connectivity index (χ3v) is 6.05. The SMILES string of the molecule is CCOc1cc(/C=C2\NC(=O)N(C3CCCCC3)C2=O)cc(Cl)c1OCc1cccc(F)c1. The maximum atomic E-state index is 13.5. The number of rotatable bonds is 7. The first kappa shape index (κ1) is 23.1. The number of benzene rings is 2. The Balaban J connectivity index is 1.56. The average molecular weight is 473 g/mol. The highest BCUT2D eigenvalue weighted by Gasteiger charge is 2.39. The number of nitrogens with zero attached hydrogens (tertiary/aromatic N) is 1. The maximum Gasteiger partial charge on any atom is 0.329 e. The van der Waals surface area contributed by atoms with Gasteiger partial charge in [-0.05, 0) is 61.2 Å². The maximum absolute atomic E-state index is 13.5. The van der Waals surface area contributed by atoms with Crippen LogP contribution in [-0.2, 0) is 11.4 Å². The van der Waals surface area contributed by atoms with Crippen molar-refractivity contribution >= 4 is 29.6 Å². The van der Waals surface area contributed by atoms with E-state index in [1.54, 1.807) is 30.3 Å². The fraction of sp³-hybridized carbons (Fsp3) is 0.360. The van der Waals surface area contributed by atoms with Gasteiger partial charge in [0.1, 0.15) is 18.1 Å². The number of imide groups is 1. The minimum atomic E-state index is -0.385. The smallest absolute Gasteiger partial charge is 0.329 e. The molecule has 0 spiro atoms. The molecule has 174 valence electrons. The highest BCUT2D eigenvalue weighted by molar-refractivity contribution is 6.32. The lowest BCUT2D eigenvalue weighted by Gasteiger charge is -2.28. The first-order valence-electron chi connectivity index (χ1n) is 11.2. The standard InChI is InChI=1S/C25H26ClFN2O4/c1-2-32-22-14-17(12-20(26)23(22)33-15-16-7-6-8-18(27)11-16)13-21-24(30)29(25(31)28-21)19-9-4-3-5-10-19/h6-8,11-14,19H,2-5,9-10,15H2,1H3,(H,28,31)/b21-13-. The lowest BCUT2D eigenvalue weighted by Crippen LogP contribution is -2.41. The van der Waals surface area contributed by atoms with Crippen LogP contribution < -0.4 is 14.8 Å². The number of carbonyl (C=O) groups excluding carboxylic acids is 2. The Morgan fingerprint density at radius 1 is 1.15 bits per heavy atom. The summed E-state index contributed by atoms with van der Waals surface area (Å²) in [6.45, 7) is 2.32. The molecule has 2 aromatic rings. The Hall–Kier alpha value is -3.06. The molecule has 3 amide bonds. The topological polar surface area (TPSA) is 67.9 Å². The zero-order valence-corrected chi connectivity index (χ0v) is 19.2. The molecule has 1 aliphatic carbocycles. The molecule has 2 fully saturated rings. The van der Waals surface area contributed by atoms with Crippen molar-refractivity contribution in [3.8, 4) is 11.5 Å². The van der Waals surface area contributed by atoms with Gasteiger partial charge in [0.25, 0.3) is 5.91 Å². The molecule has 2 aliphatic rings. The molecule has 1 heterocycles. The molecule has 8 heteroatoms. The summed E-state index contributed by atoms with van der Waals surface area (Å²) in [6.07, 6.45) is 6.44. The van der Waals surface area contributed by atoms with Crippen molar-refractivity contribution < 1.29 is 23.5 Å². The van der Waals surface area contributed by atoms with Crippen LogP contribution in [0.15, 0.2) is 42.1 Å². The van der Waals surface area contributed by atoms with E-state index in [2.05, 4.69) is 5.32 Å². The van der Waals surface area contributed by atoms with Crippen molar-refractivity contribution in [3.63, 3.8) is 0 Å². The normalized spacial score (nSPS) is 18.0. The van der Waals surface area contributed by atoms with Gasteiger partial charge in [-0.25, -0.2) is 9.18 Å². The second-order valence-corrected chi connectivity index (χ2v) is 8.54. The molecule has 1 saturated carbocycles. The number of ether oxygens (including phenoxy) is 2. The second-order valence-electron chi connectivity index (χ2n) is 8.14. The number of hydrogen-bond donors (Lipinski definition) is 1. The predicted molar refractivity (Wildman–Crippen MR) is 124 cm³/mol. The van der Waals surface area contributed by atoms with Gasteiger partial charge in [-0.15, -0.1) is 0 Å². The summed E-state index contributed by atoms with van der Waals surface area (Å²) >= 11 is 6.48. The van der Waals surface area contributed by atoms with E-state index in [4.69, 9.17) is 21.1 Å². The van der Waals surface area contributed by atoms with Gasteiger partial charge < -0.3 is 14.8 Å². The van der Waals surface area contributed by atoms with Gasteiger partial charge in [-0.3, -0.25) is 9.69 Å². The molecule has 4 rings (SSSR count). The van der Waals surface area contributed by atoms with E-state index in [-0.39, 0.29) is 41.1 Å². The van der Waals surface area contributed by atoms with Crippen LogP contribution in [0.25, 0.3) is 6.08 Å². The molecular formula is C25H26ClFN2O4. The van der Waals surface area contributed by atoms with Gasteiger partial charge >= 0.3 is 6.03 Å². The lowest BCUT2D eigenvalue weighted by atomic mass is 9.94. The van der Waals surface area contributed by atoms with Crippen LogP contribution in [0.2, 0.25) is 5.02 Å². The van der Waals surface area contributed by atoms with Crippen LogP contribution in [0.4, 0.5) is 9.18 Å². The molecule has 1 N–H and O–H groups in total. The van der Waals surface area contributed by atoms with Gasteiger partial charge in [0.05, 0.1) is 11.6 Å². The van der Waals surface area contributed by atoms with Crippen molar-refractivity contribution in [1.29, 1.82) is 0 Å². The molecule has 0 unspecified atom stereocenters. The summed E-state index contributed by atoms with van der Waals surface area (Å²) in [5.41, 5.74) is 1.45. The van der Waals surface area contributed by atoms with Crippen LogP contribution in [0.1, 0.15) is 50.2 Å². The largest absolute Gasteiger partial charge is 0.490 e. The average Bonchev–Trinajstić information content (AvgIpc) is 3.06. The van der Waals surface area contributed by atoms with Crippen molar-refractivity contribution in [2.24, 2.45) is 0 Å². The van der Waals surface area contributed by atoms with Crippen LogP contribution in [0, 0.1) is 5.82 Å². The quantitative estimate of drug-likeness (QED) is 0.415. The van der Waals surface area contributed by atoms with E-state index in [0.29, 0.717) is 29.2 Å². The highest BCUT2D eigenvalue weighted by Crippen LogP contribution is 2.38. The van der Waals surface area contributed by atoms with Crippen molar-refractivity contribution in [1.82, 2.24) is 10.2 Å². The van der Waals surface area contributed by atoms with E-state index >= 15 is 0 Å². The van der Waals surface area contributed by atoms with Crippen molar-refractivity contribution in [2.75, 3.05) is 6.61 Å². The number of carbonyl (C=O) groups is 2. The molecule has 0 aromatic heterocycles. The number of hydrogen-bond acceptors (Lipinski definition) is 4. The summed E-state index contributed by atoms with van der Waals surface area (Å²) in [5.74, 6) is 0.0527. The molecule has 33 heavy (non-hydrogen) atoms. The van der Waals surface area contributed by atoms with Gasteiger partial charge in [0, 0.05) is 6.04 Å². The number of amides is 3. The first-order valence-corrected chi connectivity index (χ1v) is 11.5. The zero-order chi connectivity index (χ0) is 23.4. The van der Waals surface area contributed by atoms with E-state index in [0.717, 1.165) is 32.1 Å². The summed E-state index contributed by atoms with van der Waals surface area (Å²) in [6, 6.07) is 9.01. The van der Waals surface area contributed by atoms with E-state index in [9.17, 15) is 14.0 Å². The summed E-state index contributed by atoms with van der Waals surface area (Å²) < 4.78 is 25.0. The fourth-order valence-electron chi connectivity index (χ4n) is 4.24. The Bertz CT molecular complexity index is 1080. The second kappa shape index (κ2) is 10.3. The minimum absolute atomic E-state index is 0.0571. The van der Waals surface area contributed by atoms with Crippen LogP contribution in [0.5, 0.6) is 11.5 Å². The van der Waals surface area contributed by atoms with E-state index in [1.165, 1.54) is 17.0 Å². The molecular weight excluding hydrogens is 447 g/mol. The van der Waals surface area contributed by atoms with Crippen LogP contribution in [0.3, 0.4) is 0 Å². The zero-order valence-electron chi connectivity index (χ0n) is 18.4. The van der Waals surface area contributed by atoms with Crippen LogP contribution >= 0.6 is 11.6 Å². The minimum Gasteiger partial charge on any atom is -0.490 e. The van der Waals surface area contributed by atoms with E-state index in [1.807, 2.05) is 6.92 Å². The van der Waals surface area contributed by atoms with Gasteiger partial charge in [-0.2, -0.15) is 0 Å². The monoisotopic (exact) mass is 472 g/mol. The highest BCUT2D eigenvalue weighted by atomic mass is 35.5. The molecule has 0 bridgehead atoms. The molecule has 2 aromatic carbocycles. The molecule has 6 nitrogen and oxygen atoms in total. The lowest BCUT2D eigenvalue weighted by molar-refractivity contribution is -0.124.